The third kappa shape index (κ3) is 5.64. The number of phenolic OH excluding ortho intramolecular Hbond substituents is 2. The van der Waals surface area contributed by atoms with E-state index in [1.807, 2.05) is 24.3 Å². The zero-order valence-electron chi connectivity index (χ0n) is 21.7. The molecule has 202 valence electrons. The number of benzene rings is 3. The summed E-state index contributed by atoms with van der Waals surface area (Å²) < 4.78 is 6.91. The van der Waals surface area contributed by atoms with E-state index < -0.39 is 11.9 Å². The molecule has 1 aromatic heterocycles. The second kappa shape index (κ2) is 11.4. The lowest BCUT2D eigenvalue weighted by molar-refractivity contribution is -0.127. The van der Waals surface area contributed by atoms with Crippen LogP contribution in [0.2, 0.25) is 0 Å². The molecule has 1 aliphatic rings. The van der Waals surface area contributed by atoms with E-state index in [9.17, 15) is 19.8 Å². The first kappa shape index (κ1) is 26.0. The van der Waals surface area contributed by atoms with Crippen molar-refractivity contribution in [1.82, 2.24) is 20.3 Å². The number of amides is 2. The summed E-state index contributed by atoms with van der Waals surface area (Å²) in [4.78, 5) is 29.5. The Bertz CT molecular complexity index is 1480. The summed E-state index contributed by atoms with van der Waals surface area (Å²) in [5, 5.41) is 31.7. The minimum absolute atomic E-state index is 0.0130. The maximum absolute atomic E-state index is 14.1. The van der Waals surface area contributed by atoms with Crippen LogP contribution < -0.4 is 15.0 Å². The molecule has 0 radical (unpaired) electrons. The van der Waals surface area contributed by atoms with Gasteiger partial charge in [0.1, 0.15) is 23.9 Å². The van der Waals surface area contributed by atoms with Gasteiger partial charge >= 0.3 is 0 Å². The number of rotatable bonds is 8. The smallest absolute Gasteiger partial charge is 0.249 e. The average molecular weight is 530 g/mol. The Hall–Kier alpha value is -4.60. The maximum Gasteiger partial charge on any atom is 0.249 e. The summed E-state index contributed by atoms with van der Waals surface area (Å²) >= 11 is 0. The Kier molecular flexibility index (Phi) is 7.62. The topological polar surface area (TPSA) is 130 Å². The van der Waals surface area contributed by atoms with E-state index in [4.69, 9.17) is 4.74 Å². The van der Waals surface area contributed by atoms with Gasteiger partial charge < -0.3 is 20.3 Å². The molecule has 0 aliphatic heterocycles. The Balaban J connectivity index is 1.59. The van der Waals surface area contributed by atoms with Crippen molar-refractivity contribution >= 4 is 28.5 Å². The highest BCUT2D eigenvalue weighted by molar-refractivity contribution is 6.01. The summed E-state index contributed by atoms with van der Waals surface area (Å²) in [7, 11) is 1.53. The van der Waals surface area contributed by atoms with Crippen LogP contribution in [0.3, 0.4) is 0 Å². The third-order valence-corrected chi connectivity index (χ3v) is 7.08. The van der Waals surface area contributed by atoms with Gasteiger partial charge in [0.05, 0.1) is 12.6 Å². The molecule has 3 aromatic carbocycles. The van der Waals surface area contributed by atoms with E-state index in [1.54, 1.807) is 24.3 Å². The quantitative estimate of drug-likeness (QED) is 0.293. The van der Waals surface area contributed by atoms with Gasteiger partial charge in [-0.1, -0.05) is 48.7 Å². The molecule has 3 N–H and O–H groups in total. The minimum atomic E-state index is -1.15. The van der Waals surface area contributed by atoms with Crippen LogP contribution in [-0.2, 0) is 16.1 Å². The number of methoxy groups -OCH3 is 1. The summed E-state index contributed by atoms with van der Waals surface area (Å²) in [5.41, 5.74) is 2.11. The lowest BCUT2D eigenvalue weighted by Gasteiger charge is -2.33. The maximum atomic E-state index is 14.1. The summed E-state index contributed by atoms with van der Waals surface area (Å²) in [6.07, 6.45) is 4.89. The second-order valence-electron chi connectivity index (χ2n) is 9.70. The van der Waals surface area contributed by atoms with Gasteiger partial charge in [0.2, 0.25) is 11.8 Å². The number of carbonyl (C=O) groups excluding carboxylic acids is 2. The van der Waals surface area contributed by atoms with Crippen molar-refractivity contribution in [2.45, 2.75) is 50.7 Å². The van der Waals surface area contributed by atoms with Gasteiger partial charge in [-0.15, -0.1) is 5.10 Å². The molecule has 1 heterocycles. The SMILES string of the molecule is COc1cccc(N(C(=O)Cn2nnc3ccccc32)[C@H](C(=O)NC2CCCCC2)c2ccc(O)c(O)c2)c1. The number of carbonyl (C=O) groups is 2. The molecule has 1 saturated carbocycles. The number of nitrogens with one attached hydrogen (secondary N) is 1. The highest BCUT2D eigenvalue weighted by Gasteiger charge is 2.35. The Labute approximate surface area is 225 Å². The number of hydrogen-bond acceptors (Lipinski definition) is 7. The van der Waals surface area contributed by atoms with Crippen molar-refractivity contribution in [2.75, 3.05) is 12.0 Å². The third-order valence-electron chi connectivity index (χ3n) is 7.08. The van der Waals surface area contributed by atoms with Crippen LogP contribution in [0.4, 0.5) is 5.69 Å². The highest BCUT2D eigenvalue weighted by atomic mass is 16.5. The number of anilines is 1. The van der Waals surface area contributed by atoms with Crippen molar-refractivity contribution in [3.05, 3.63) is 72.3 Å². The number of aromatic nitrogens is 3. The monoisotopic (exact) mass is 529 g/mol. The molecule has 1 atom stereocenters. The zero-order chi connectivity index (χ0) is 27.4. The van der Waals surface area contributed by atoms with E-state index in [0.29, 0.717) is 28.0 Å². The van der Waals surface area contributed by atoms with E-state index in [2.05, 4.69) is 15.6 Å². The Morgan fingerprint density at radius 2 is 1.82 bits per heavy atom. The average Bonchev–Trinajstić information content (AvgIpc) is 3.36. The number of aromatic hydroxyl groups is 2. The molecule has 1 aliphatic carbocycles. The highest BCUT2D eigenvalue weighted by Crippen LogP contribution is 2.35. The molecular weight excluding hydrogens is 498 g/mol. The van der Waals surface area contributed by atoms with Crippen molar-refractivity contribution in [2.24, 2.45) is 0 Å². The van der Waals surface area contributed by atoms with Gasteiger partial charge in [0.15, 0.2) is 11.5 Å². The summed E-state index contributed by atoms with van der Waals surface area (Å²) in [6, 6.07) is 17.2. The molecule has 10 nitrogen and oxygen atoms in total. The van der Waals surface area contributed by atoms with Gasteiger partial charge in [-0.3, -0.25) is 14.5 Å². The fraction of sp³-hybridized carbons (Fsp3) is 0.310. The number of nitrogens with zero attached hydrogens (tertiary/aromatic N) is 4. The number of hydrogen-bond donors (Lipinski definition) is 3. The molecule has 4 aromatic rings. The van der Waals surface area contributed by atoms with E-state index >= 15 is 0 Å². The van der Waals surface area contributed by atoms with Crippen LogP contribution in [0.1, 0.15) is 43.7 Å². The van der Waals surface area contributed by atoms with Crippen LogP contribution >= 0.6 is 0 Å². The lowest BCUT2D eigenvalue weighted by atomic mass is 9.94. The fourth-order valence-electron chi connectivity index (χ4n) is 5.09. The van der Waals surface area contributed by atoms with E-state index in [-0.39, 0.29) is 30.0 Å². The largest absolute Gasteiger partial charge is 0.504 e. The van der Waals surface area contributed by atoms with Crippen molar-refractivity contribution in [1.29, 1.82) is 0 Å². The minimum Gasteiger partial charge on any atom is -0.504 e. The number of ether oxygens (including phenoxy) is 1. The van der Waals surface area contributed by atoms with Gasteiger partial charge in [-0.2, -0.15) is 0 Å². The molecule has 0 unspecified atom stereocenters. The molecular formula is C29H31N5O5. The predicted octanol–water partition coefficient (Wildman–Crippen LogP) is 4.07. The van der Waals surface area contributed by atoms with Gasteiger partial charge in [0.25, 0.3) is 0 Å². The lowest BCUT2D eigenvalue weighted by Crippen LogP contribution is -2.48. The van der Waals surface area contributed by atoms with Gasteiger partial charge in [-0.25, -0.2) is 4.68 Å². The van der Waals surface area contributed by atoms with Crippen molar-refractivity contribution in [3.8, 4) is 17.2 Å². The van der Waals surface area contributed by atoms with Gasteiger partial charge in [0, 0.05) is 17.8 Å². The second-order valence-corrected chi connectivity index (χ2v) is 9.70. The number of para-hydroxylation sites is 1. The molecule has 10 heteroatoms. The standard InChI is InChI=1S/C29H31N5O5/c1-39-22-11-7-10-21(17-22)34(27(37)18-33-24-13-6-5-12-23(24)31-32-33)28(19-14-15-25(35)26(36)16-19)29(38)30-20-8-3-2-4-9-20/h5-7,10-17,20,28,35-36H,2-4,8-9,18H2,1H3,(H,30,38)/t28-/m0/s1. The number of fused-ring (bicyclic) bond motifs is 1. The first-order chi connectivity index (χ1) is 18.9. The molecule has 39 heavy (non-hydrogen) atoms. The molecule has 1 fully saturated rings. The first-order valence-electron chi connectivity index (χ1n) is 13.0. The van der Waals surface area contributed by atoms with Crippen LogP contribution in [0.15, 0.2) is 66.7 Å². The molecule has 0 bridgehead atoms. The van der Waals surface area contributed by atoms with Crippen molar-refractivity contribution < 1.29 is 24.5 Å². The van der Waals surface area contributed by atoms with E-state index in [1.165, 1.54) is 34.9 Å². The predicted molar refractivity (Wildman–Crippen MR) is 146 cm³/mol. The molecule has 2 amide bonds. The van der Waals surface area contributed by atoms with Gasteiger partial charge in [-0.05, 0) is 54.8 Å². The Morgan fingerprint density at radius 3 is 2.59 bits per heavy atom. The normalized spacial score (nSPS) is 14.6. The summed E-state index contributed by atoms with van der Waals surface area (Å²) in [6.45, 7) is -0.186. The zero-order valence-corrected chi connectivity index (χ0v) is 21.7. The van der Waals surface area contributed by atoms with Crippen LogP contribution in [0.5, 0.6) is 17.2 Å². The fourth-order valence-corrected chi connectivity index (χ4v) is 5.09. The Morgan fingerprint density at radius 1 is 1.03 bits per heavy atom. The first-order valence-corrected chi connectivity index (χ1v) is 13.0. The van der Waals surface area contributed by atoms with Crippen molar-refractivity contribution in [3.63, 3.8) is 0 Å². The van der Waals surface area contributed by atoms with Crippen LogP contribution in [0, 0.1) is 0 Å². The molecule has 5 rings (SSSR count). The number of phenols is 2. The molecule has 0 saturated heterocycles. The van der Waals surface area contributed by atoms with Crippen LogP contribution in [-0.4, -0.2) is 50.2 Å². The van der Waals surface area contributed by atoms with E-state index in [0.717, 1.165) is 32.1 Å². The summed E-state index contributed by atoms with van der Waals surface area (Å²) in [5.74, 6) is -1.000. The van der Waals surface area contributed by atoms with Crippen LogP contribution in [0.25, 0.3) is 11.0 Å². The molecule has 0 spiro atoms.